The van der Waals surface area contributed by atoms with E-state index < -0.39 is 0 Å². The highest BCUT2D eigenvalue weighted by Crippen LogP contribution is 2.33. The van der Waals surface area contributed by atoms with Crippen molar-refractivity contribution >= 4 is 21.9 Å². The Balaban J connectivity index is 2.28. The Hall–Kier alpha value is -1.10. The molecule has 1 atom stereocenters. The molecule has 0 saturated carbocycles. The molecule has 14 heavy (non-hydrogen) atoms. The van der Waals surface area contributed by atoms with Crippen LogP contribution in [0, 0.1) is 0 Å². The molecule has 4 nitrogen and oxygen atoms in total. The molecule has 74 valence electrons. The summed E-state index contributed by atoms with van der Waals surface area (Å²) in [6.45, 7) is 1.72. The second kappa shape index (κ2) is 3.57. The minimum atomic E-state index is -0.375. The fraction of sp³-hybridized carbons (Fsp3) is 0.333. The molecular formula is C9H8BrNO3. The van der Waals surface area contributed by atoms with Crippen LogP contribution >= 0.6 is 15.9 Å². The van der Waals surface area contributed by atoms with Gasteiger partial charge in [-0.3, -0.25) is 4.79 Å². The number of aromatic nitrogens is 1. The van der Waals surface area contributed by atoms with Gasteiger partial charge in [0.05, 0.1) is 0 Å². The Morgan fingerprint density at radius 2 is 2.50 bits per heavy atom. The zero-order chi connectivity index (χ0) is 10.1. The summed E-state index contributed by atoms with van der Waals surface area (Å²) < 4.78 is 11.1. The Bertz CT molecular complexity index is 380. The molecule has 0 aromatic carbocycles. The van der Waals surface area contributed by atoms with E-state index in [2.05, 4.69) is 20.9 Å². The lowest BCUT2D eigenvalue weighted by molar-refractivity contribution is -0.147. The predicted molar refractivity (Wildman–Crippen MR) is 51.9 cm³/mol. The number of ether oxygens (including phenoxy) is 2. The van der Waals surface area contributed by atoms with Crippen molar-refractivity contribution in [2.45, 2.75) is 13.0 Å². The average molecular weight is 258 g/mol. The van der Waals surface area contributed by atoms with Crippen LogP contribution in [0.5, 0.6) is 5.75 Å². The number of carbonyl (C=O) groups excluding carboxylic acids is 1. The zero-order valence-electron chi connectivity index (χ0n) is 7.49. The fourth-order valence-corrected chi connectivity index (χ4v) is 1.65. The largest absolute Gasteiger partial charge is 0.487 e. The van der Waals surface area contributed by atoms with Crippen molar-refractivity contribution in [1.82, 2.24) is 4.98 Å². The van der Waals surface area contributed by atoms with Crippen molar-refractivity contribution in [2.24, 2.45) is 0 Å². The van der Waals surface area contributed by atoms with Crippen molar-refractivity contribution in [3.8, 4) is 5.75 Å². The highest BCUT2D eigenvalue weighted by Gasteiger charge is 2.28. The van der Waals surface area contributed by atoms with E-state index in [1.165, 1.54) is 6.92 Å². The average Bonchev–Trinajstić information content (AvgIpc) is 2.47. The number of hydrogen-bond donors (Lipinski definition) is 0. The lowest BCUT2D eigenvalue weighted by Gasteiger charge is -2.07. The molecule has 2 heterocycles. The highest BCUT2D eigenvalue weighted by molar-refractivity contribution is 9.10. The molecule has 0 spiro atoms. The quantitative estimate of drug-likeness (QED) is 0.569. The van der Waals surface area contributed by atoms with Crippen LogP contribution in [-0.4, -0.2) is 17.6 Å². The summed E-state index contributed by atoms with van der Waals surface area (Å²) in [6.07, 6.45) is -0.375. The van der Waals surface area contributed by atoms with Gasteiger partial charge in [-0.1, -0.05) is 0 Å². The van der Waals surface area contributed by atoms with Gasteiger partial charge in [-0.25, -0.2) is 4.98 Å². The second-order valence-electron chi connectivity index (χ2n) is 2.93. The third-order valence-corrected chi connectivity index (χ3v) is 2.30. The minimum Gasteiger partial charge on any atom is -0.487 e. The maximum Gasteiger partial charge on any atom is 0.303 e. The minimum absolute atomic E-state index is 0.326. The molecule has 2 rings (SSSR count). The van der Waals surface area contributed by atoms with Crippen molar-refractivity contribution < 1.29 is 14.3 Å². The first-order valence-corrected chi connectivity index (χ1v) is 4.92. The van der Waals surface area contributed by atoms with Crippen LogP contribution in [0.15, 0.2) is 16.7 Å². The number of carbonyl (C=O) groups is 1. The lowest BCUT2D eigenvalue weighted by atomic mass is 10.2. The van der Waals surface area contributed by atoms with Gasteiger partial charge in [0.15, 0.2) is 6.10 Å². The fourth-order valence-electron chi connectivity index (χ4n) is 1.32. The number of rotatable bonds is 1. The monoisotopic (exact) mass is 257 g/mol. The smallest absolute Gasteiger partial charge is 0.303 e. The normalized spacial score (nSPS) is 18.6. The number of halogens is 1. The summed E-state index contributed by atoms with van der Waals surface area (Å²) in [5.41, 5.74) is 0.676. The first-order chi connectivity index (χ1) is 6.66. The number of nitrogens with zero attached hydrogens (tertiary/aromatic N) is 1. The molecule has 5 heteroatoms. The van der Waals surface area contributed by atoms with Gasteiger partial charge < -0.3 is 9.47 Å². The van der Waals surface area contributed by atoms with Gasteiger partial charge in [-0.05, 0) is 28.1 Å². The predicted octanol–water partition coefficient (Wildman–Crippen LogP) is 1.84. The van der Waals surface area contributed by atoms with Crippen LogP contribution in [0.2, 0.25) is 0 Å². The Kier molecular flexibility index (Phi) is 2.41. The van der Waals surface area contributed by atoms with E-state index in [0.717, 1.165) is 0 Å². The van der Waals surface area contributed by atoms with Crippen molar-refractivity contribution in [1.29, 1.82) is 0 Å². The van der Waals surface area contributed by atoms with Gasteiger partial charge in [0.2, 0.25) is 0 Å². The molecule has 1 aliphatic rings. The number of pyridine rings is 1. The van der Waals surface area contributed by atoms with Gasteiger partial charge in [-0.15, -0.1) is 0 Å². The maximum atomic E-state index is 10.8. The van der Waals surface area contributed by atoms with Crippen LogP contribution in [0.25, 0.3) is 0 Å². The summed E-state index contributed by atoms with van der Waals surface area (Å²) in [7, 11) is 0. The Labute approximate surface area is 89.4 Å². The van der Waals surface area contributed by atoms with E-state index in [0.29, 0.717) is 22.7 Å². The number of esters is 1. The summed E-state index contributed by atoms with van der Waals surface area (Å²) in [4.78, 5) is 15.0. The Morgan fingerprint density at radius 1 is 1.71 bits per heavy atom. The van der Waals surface area contributed by atoms with Crippen LogP contribution in [-0.2, 0) is 9.53 Å². The van der Waals surface area contributed by atoms with E-state index in [9.17, 15) is 4.79 Å². The molecular weight excluding hydrogens is 250 g/mol. The standard InChI is InChI=1S/C9H8BrNO3/c1-5(12)14-7-4-13-6-2-3-8(10)11-9(6)7/h2-3,7H,4H2,1H3. The lowest BCUT2D eigenvalue weighted by Crippen LogP contribution is -2.10. The van der Waals surface area contributed by atoms with Crippen LogP contribution < -0.4 is 4.74 Å². The summed E-state index contributed by atoms with van der Waals surface area (Å²) in [6, 6.07) is 3.59. The van der Waals surface area contributed by atoms with Crippen molar-refractivity contribution in [3.05, 3.63) is 22.4 Å². The molecule has 0 saturated heterocycles. The Morgan fingerprint density at radius 3 is 3.21 bits per heavy atom. The molecule has 0 bridgehead atoms. The van der Waals surface area contributed by atoms with Gasteiger partial charge >= 0.3 is 5.97 Å². The second-order valence-corrected chi connectivity index (χ2v) is 3.74. The number of hydrogen-bond acceptors (Lipinski definition) is 4. The molecule has 0 radical (unpaired) electrons. The van der Waals surface area contributed by atoms with Gasteiger partial charge in [0.25, 0.3) is 0 Å². The molecule has 0 aliphatic carbocycles. The zero-order valence-corrected chi connectivity index (χ0v) is 9.08. The maximum absolute atomic E-state index is 10.8. The number of fused-ring (bicyclic) bond motifs is 1. The SMILES string of the molecule is CC(=O)OC1COc2ccc(Br)nc21. The molecule has 0 amide bonds. The van der Waals surface area contributed by atoms with E-state index >= 15 is 0 Å². The van der Waals surface area contributed by atoms with E-state index in [-0.39, 0.29) is 12.1 Å². The van der Waals surface area contributed by atoms with E-state index in [1.54, 1.807) is 12.1 Å². The first kappa shape index (κ1) is 9.45. The highest BCUT2D eigenvalue weighted by atomic mass is 79.9. The molecule has 0 N–H and O–H groups in total. The topological polar surface area (TPSA) is 48.4 Å². The summed E-state index contributed by atoms with van der Waals surface area (Å²) in [5, 5.41) is 0. The third kappa shape index (κ3) is 1.72. The summed E-state index contributed by atoms with van der Waals surface area (Å²) in [5.74, 6) is 0.354. The summed E-state index contributed by atoms with van der Waals surface area (Å²) >= 11 is 3.25. The molecule has 1 aromatic rings. The molecule has 1 aliphatic heterocycles. The van der Waals surface area contributed by atoms with Crippen molar-refractivity contribution in [2.75, 3.05) is 6.61 Å². The van der Waals surface area contributed by atoms with Gasteiger partial charge in [0, 0.05) is 6.92 Å². The van der Waals surface area contributed by atoms with Crippen LogP contribution in [0.1, 0.15) is 18.7 Å². The molecule has 0 fully saturated rings. The van der Waals surface area contributed by atoms with Crippen LogP contribution in [0.3, 0.4) is 0 Å². The first-order valence-electron chi connectivity index (χ1n) is 4.13. The van der Waals surface area contributed by atoms with Crippen molar-refractivity contribution in [3.63, 3.8) is 0 Å². The third-order valence-electron chi connectivity index (χ3n) is 1.86. The molecule has 1 aromatic heterocycles. The van der Waals surface area contributed by atoms with Gasteiger partial charge in [0.1, 0.15) is 22.7 Å². The van der Waals surface area contributed by atoms with Crippen LogP contribution in [0.4, 0.5) is 0 Å². The molecule has 1 unspecified atom stereocenters. The van der Waals surface area contributed by atoms with E-state index in [1.807, 2.05) is 0 Å². The van der Waals surface area contributed by atoms with Gasteiger partial charge in [-0.2, -0.15) is 0 Å². The van der Waals surface area contributed by atoms with E-state index in [4.69, 9.17) is 9.47 Å².